The van der Waals surface area contributed by atoms with Gasteiger partial charge in [0, 0.05) is 0 Å². The van der Waals surface area contributed by atoms with E-state index in [0.717, 1.165) is 11.1 Å². The van der Waals surface area contributed by atoms with Crippen molar-refractivity contribution >= 4 is 0 Å². The van der Waals surface area contributed by atoms with E-state index < -0.39 is 30.7 Å². The lowest BCUT2D eigenvalue weighted by atomic mass is 9.99. The second kappa shape index (κ2) is 9.23. The van der Waals surface area contributed by atoms with E-state index in [4.69, 9.17) is 14.2 Å². The van der Waals surface area contributed by atoms with Crippen LogP contribution in [0.1, 0.15) is 11.1 Å². The molecule has 0 aliphatic carbocycles. The zero-order valence-corrected chi connectivity index (χ0v) is 14.3. The molecule has 0 radical (unpaired) electrons. The molecule has 0 amide bonds. The zero-order valence-electron chi connectivity index (χ0n) is 14.3. The van der Waals surface area contributed by atoms with Gasteiger partial charge in [-0.05, 0) is 11.1 Å². The molecular formula is C20H24O6. The minimum Gasteiger partial charge on any atom is -0.387 e. The fourth-order valence-electron chi connectivity index (χ4n) is 2.88. The van der Waals surface area contributed by atoms with Crippen LogP contribution in [0.5, 0.6) is 0 Å². The second-order valence-corrected chi connectivity index (χ2v) is 6.31. The van der Waals surface area contributed by atoms with Crippen LogP contribution in [0.15, 0.2) is 60.7 Å². The maximum Gasteiger partial charge on any atom is 0.184 e. The molecular weight excluding hydrogens is 336 g/mol. The van der Waals surface area contributed by atoms with Gasteiger partial charge in [0.15, 0.2) is 6.29 Å². The molecule has 2 aromatic carbocycles. The van der Waals surface area contributed by atoms with Crippen LogP contribution in [-0.4, -0.2) is 52.6 Å². The van der Waals surface area contributed by atoms with Gasteiger partial charge in [-0.25, -0.2) is 0 Å². The minimum absolute atomic E-state index is 0.0744. The van der Waals surface area contributed by atoms with Crippen molar-refractivity contribution in [1.82, 2.24) is 0 Å². The lowest BCUT2D eigenvalue weighted by Gasteiger charge is -2.40. The number of aliphatic hydroxyl groups excluding tert-OH is 3. The Hall–Kier alpha value is -1.80. The molecule has 0 unspecified atom stereocenters. The Kier molecular flexibility index (Phi) is 6.73. The van der Waals surface area contributed by atoms with E-state index in [2.05, 4.69) is 0 Å². The van der Waals surface area contributed by atoms with Crippen LogP contribution < -0.4 is 0 Å². The number of hydrogen-bond donors (Lipinski definition) is 3. The molecule has 0 saturated carbocycles. The van der Waals surface area contributed by atoms with Crippen molar-refractivity contribution in [3.05, 3.63) is 71.8 Å². The summed E-state index contributed by atoms with van der Waals surface area (Å²) in [7, 11) is 0. The van der Waals surface area contributed by atoms with E-state index in [9.17, 15) is 15.3 Å². The van der Waals surface area contributed by atoms with E-state index in [1.54, 1.807) is 0 Å². The molecule has 0 aromatic heterocycles. The quantitative estimate of drug-likeness (QED) is 0.688. The van der Waals surface area contributed by atoms with Gasteiger partial charge < -0.3 is 29.5 Å². The fraction of sp³-hybridized carbons (Fsp3) is 0.400. The molecule has 1 aliphatic rings. The topological polar surface area (TPSA) is 88.4 Å². The number of aliphatic hydroxyl groups is 3. The highest BCUT2D eigenvalue weighted by Gasteiger charge is 2.44. The molecule has 1 fully saturated rings. The van der Waals surface area contributed by atoms with Crippen molar-refractivity contribution in [2.75, 3.05) is 6.61 Å². The summed E-state index contributed by atoms with van der Waals surface area (Å²) >= 11 is 0. The van der Waals surface area contributed by atoms with Crippen molar-refractivity contribution in [3.8, 4) is 0 Å². The third-order valence-corrected chi connectivity index (χ3v) is 4.34. The van der Waals surface area contributed by atoms with Gasteiger partial charge in [0.1, 0.15) is 24.4 Å². The van der Waals surface area contributed by atoms with Crippen LogP contribution in [0, 0.1) is 0 Å². The smallest absolute Gasteiger partial charge is 0.184 e. The first-order chi connectivity index (χ1) is 12.6. The van der Waals surface area contributed by atoms with Crippen molar-refractivity contribution in [2.45, 2.75) is 43.9 Å². The van der Waals surface area contributed by atoms with Gasteiger partial charge in [-0.1, -0.05) is 60.7 Å². The molecule has 3 rings (SSSR count). The van der Waals surface area contributed by atoms with Gasteiger partial charge in [0.25, 0.3) is 0 Å². The summed E-state index contributed by atoms with van der Waals surface area (Å²) in [5, 5.41) is 30.5. The Bertz CT molecular complexity index is 650. The summed E-state index contributed by atoms with van der Waals surface area (Å²) in [5.74, 6) is 0. The molecule has 0 spiro atoms. The summed E-state index contributed by atoms with van der Waals surface area (Å²) in [6, 6.07) is 19.0. The molecule has 2 aromatic rings. The van der Waals surface area contributed by atoms with Crippen molar-refractivity contribution in [1.29, 1.82) is 0 Å². The summed E-state index contributed by atoms with van der Waals surface area (Å²) in [6.07, 6.45) is -5.65. The molecule has 6 nitrogen and oxygen atoms in total. The van der Waals surface area contributed by atoms with Gasteiger partial charge in [-0.3, -0.25) is 0 Å². The number of rotatable bonds is 7. The lowest BCUT2D eigenvalue weighted by Crippen LogP contribution is -2.59. The Morgan fingerprint density at radius 1 is 0.769 bits per heavy atom. The maximum atomic E-state index is 10.5. The third-order valence-electron chi connectivity index (χ3n) is 4.34. The van der Waals surface area contributed by atoms with E-state index in [-0.39, 0.29) is 13.2 Å². The number of hydrogen-bond acceptors (Lipinski definition) is 6. The number of ether oxygens (including phenoxy) is 3. The molecule has 5 atom stereocenters. The van der Waals surface area contributed by atoms with Crippen molar-refractivity contribution in [2.24, 2.45) is 0 Å². The Morgan fingerprint density at radius 3 is 1.96 bits per heavy atom. The fourth-order valence-corrected chi connectivity index (χ4v) is 2.88. The van der Waals surface area contributed by atoms with Gasteiger partial charge in [-0.2, -0.15) is 0 Å². The zero-order chi connectivity index (χ0) is 18.4. The molecule has 6 heteroatoms. The molecule has 3 N–H and O–H groups in total. The van der Waals surface area contributed by atoms with Crippen LogP contribution in [0.3, 0.4) is 0 Å². The minimum atomic E-state index is -1.44. The molecule has 0 bridgehead atoms. The normalized spacial score (nSPS) is 28.8. The first-order valence-corrected chi connectivity index (χ1v) is 8.62. The first-order valence-electron chi connectivity index (χ1n) is 8.62. The van der Waals surface area contributed by atoms with E-state index in [0.29, 0.717) is 6.61 Å². The summed E-state index contributed by atoms with van der Waals surface area (Å²) in [5.41, 5.74) is 1.90. The Balaban J connectivity index is 1.55. The molecule has 1 heterocycles. The Labute approximate surface area is 152 Å². The predicted molar refractivity (Wildman–Crippen MR) is 94.0 cm³/mol. The van der Waals surface area contributed by atoms with Gasteiger partial charge in [0.2, 0.25) is 0 Å². The van der Waals surface area contributed by atoms with E-state index >= 15 is 0 Å². The summed E-state index contributed by atoms with van der Waals surface area (Å²) in [6.45, 7) is 0.649. The SMILES string of the molecule is O[C@H]1[C@@H](OCc2ccccc2)[C@H](O)[C@@H](COCc2ccccc2)O[C@H]1O. The second-order valence-electron chi connectivity index (χ2n) is 6.31. The summed E-state index contributed by atoms with van der Waals surface area (Å²) < 4.78 is 16.5. The van der Waals surface area contributed by atoms with Crippen LogP contribution in [0.4, 0.5) is 0 Å². The van der Waals surface area contributed by atoms with Crippen LogP contribution in [-0.2, 0) is 27.4 Å². The highest BCUT2D eigenvalue weighted by Crippen LogP contribution is 2.24. The van der Waals surface area contributed by atoms with Gasteiger partial charge in [0.05, 0.1) is 19.8 Å². The van der Waals surface area contributed by atoms with Gasteiger partial charge >= 0.3 is 0 Å². The highest BCUT2D eigenvalue weighted by molar-refractivity contribution is 5.14. The lowest BCUT2D eigenvalue weighted by molar-refractivity contribution is -0.298. The third kappa shape index (κ3) is 4.88. The van der Waals surface area contributed by atoms with Crippen LogP contribution in [0.2, 0.25) is 0 Å². The average Bonchev–Trinajstić information content (AvgIpc) is 2.67. The Morgan fingerprint density at radius 2 is 1.35 bits per heavy atom. The standard InChI is InChI=1S/C20H24O6/c21-17-16(13-24-11-14-7-3-1-4-8-14)26-20(23)18(22)19(17)25-12-15-9-5-2-6-10-15/h1-10,16-23H,11-13H2/t16-,17-,18+,19+,20-/m1/s1. The highest BCUT2D eigenvalue weighted by atomic mass is 16.7. The monoisotopic (exact) mass is 360 g/mol. The average molecular weight is 360 g/mol. The van der Waals surface area contributed by atoms with E-state index in [1.165, 1.54) is 0 Å². The largest absolute Gasteiger partial charge is 0.387 e. The maximum absolute atomic E-state index is 10.5. The predicted octanol–water partition coefficient (Wildman–Crippen LogP) is 1.23. The molecule has 1 aliphatic heterocycles. The van der Waals surface area contributed by atoms with Crippen molar-refractivity contribution in [3.63, 3.8) is 0 Å². The van der Waals surface area contributed by atoms with E-state index in [1.807, 2.05) is 60.7 Å². The van der Waals surface area contributed by atoms with Crippen LogP contribution in [0.25, 0.3) is 0 Å². The molecule has 26 heavy (non-hydrogen) atoms. The number of benzene rings is 2. The summed E-state index contributed by atoms with van der Waals surface area (Å²) in [4.78, 5) is 0. The van der Waals surface area contributed by atoms with Gasteiger partial charge in [-0.15, -0.1) is 0 Å². The molecule has 140 valence electrons. The molecule has 1 saturated heterocycles. The van der Waals surface area contributed by atoms with Crippen molar-refractivity contribution < 1.29 is 29.5 Å². The van der Waals surface area contributed by atoms with Crippen LogP contribution >= 0.6 is 0 Å². The first kappa shape index (κ1) is 19.0.